The van der Waals surface area contributed by atoms with Gasteiger partial charge in [0.1, 0.15) is 5.41 Å². The summed E-state index contributed by atoms with van der Waals surface area (Å²) in [5.41, 5.74) is -0.951. The lowest BCUT2D eigenvalue weighted by Crippen LogP contribution is -2.23. The molecule has 1 fully saturated rings. The molecule has 0 heterocycles. The highest BCUT2D eigenvalue weighted by molar-refractivity contribution is 6.31. The second-order valence-electron chi connectivity index (χ2n) is 3.75. The summed E-state index contributed by atoms with van der Waals surface area (Å²) in [6.45, 7) is 0. The second-order valence-corrected chi connectivity index (χ2v) is 4.16. The highest BCUT2D eigenvalue weighted by Crippen LogP contribution is 2.45. The zero-order valence-corrected chi connectivity index (χ0v) is 9.01. The van der Waals surface area contributed by atoms with E-state index in [1.54, 1.807) is 0 Å². The van der Waals surface area contributed by atoms with E-state index in [0.717, 1.165) is 0 Å². The van der Waals surface area contributed by atoms with Crippen LogP contribution >= 0.6 is 11.6 Å². The smallest absolute Gasteiger partial charge is 0.244 e. The van der Waals surface area contributed by atoms with Crippen molar-refractivity contribution in [3.63, 3.8) is 0 Å². The summed E-state index contributed by atoms with van der Waals surface area (Å²) in [4.78, 5) is 11.6. The number of hydrogen-bond acceptors (Lipinski definition) is 2. The highest BCUT2D eigenvalue weighted by atomic mass is 35.5. The van der Waals surface area contributed by atoms with Crippen LogP contribution in [-0.4, -0.2) is 5.91 Å². The number of anilines is 1. The SMILES string of the molecule is N#CC1(C(=O)Nc2cccc(Cl)c2F)CC1. The largest absolute Gasteiger partial charge is 0.322 e. The van der Waals surface area contributed by atoms with E-state index in [-0.39, 0.29) is 10.7 Å². The van der Waals surface area contributed by atoms with Gasteiger partial charge in [0.15, 0.2) is 5.82 Å². The van der Waals surface area contributed by atoms with Crippen molar-refractivity contribution in [3.8, 4) is 6.07 Å². The average molecular weight is 239 g/mol. The van der Waals surface area contributed by atoms with E-state index in [2.05, 4.69) is 5.32 Å². The number of hydrogen-bond donors (Lipinski definition) is 1. The molecule has 0 atom stereocenters. The summed E-state index contributed by atoms with van der Waals surface area (Å²) in [5.74, 6) is -1.14. The molecule has 16 heavy (non-hydrogen) atoms. The molecule has 5 heteroatoms. The molecule has 82 valence electrons. The first-order chi connectivity index (χ1) is 7.59. The first kappa shape index (κ1) is 10.9. The summed E-state index contributed by atoms with van der Waals surface area (Å²) < 4.78 is 13.4. The molecule has 0 aliphatic heterocycles. The molecule has 0 saturated heterocycles. The topological polar surface area (TPSA) is 52.9 Å². The van der Waals surface area contributed by atoms with E-state index in [4.69, 9.17) is 16.9 Å². The molecule has 0 bridgehead atoms. The quantitative estimate of drug-likeness (QED) is 0.861. The van der Waals surface area contributed by atoms with Crippen molar-refractivity contribution in [1.82, 2.24) is 0 Å². The minimum atomic E-state index is -0.964. The molecule has 1 aliphatic carbocycles. The van der Waals surface area contributed by atoms with Crippen LogP contribution in [-0.2, 0) is 4.79 Å². The predicted octanol–water partition coefficient (Wildman–Crippen LogP) is 2.72. The molecule has 1 N–H and O–H groups in total. The number of rotatable bonds is 2. The number of amides is 1. The third-order valence-corrected chi connectivity index (χ3v) is 2.89. The lowest BCUT2D eigenvalue weighted by Gasteiger charge is -2.09. The van der Waals surface area contributed by atoms with Gasteiger partial charge in [-0.05, 0) is 25.0 Å². The van der Waals surface area contributed by atoms with E-state index >= 15 is 0 Å². The van der Waals surface area contributed by atoms with Gasteiger partial charge in [-0.2, -0.15) is 5.26 Å². The highest BCUT2D eigenvalue weighted by Gasteiger charge is 2.50. The Labute approximate surface area is 96.8 Å². The molecule has 1 saturated carbocycles. The Hall–Kier alpha value is -1.60. The van der Waals surface area contributed by atoms with E-state index < -0.39 is 17.1 Å². The van der Waals surface area contributed by atoms with Crippen LogP contribution in [0.5, 0.6) is 0 Å². The van der Waals surface area contributed by atoms with Crippen molar-refractivity contribution in [2.45, 2.75) is 12.8 Å². The first-order valence-electron chi connectivity index (χ1n) is 4.76. The molecule has 2 rings (SSSR count). The van der Waals surface area contributed by atoms with Crippen molar-refractivity contribution in [3.05, 3.63) is 29.0 Å². The summed E-state index contributed by atoms with van der Waals surface area (Å²) in [7, 11) is 0. The summed E-state index contributed by atoms with van der Waals surface area (Å²) in [6, 6.07) is 6.28. The summed E-state index contributed by atoms with van der Waals surface area (Å²) in [5, 5.41) is 11.1. The average Bonchev–Trinajstić information content (AvgIpc) is 3.05. The Kier molecular flexibility index (Phi) is 2.56. The minimum Gasteiger partial charge on any atom is -0.322 e. The van der Waals surface area contributed by atoms with Crippen LogP contribution in [0.25, 0.3) is 0 Å². The number of carbonyl (C=O) groups is 1. The Morgan fingerprint density at radius 1 is 1.56 bits per heavy atom. The Balaban J connectivity index is 2.20. The van der Waals surface area contributed by atoms with Crippen LogP contribution in [0.1, 0.15) is 12.8 Å². The van der Waals surface area contributed by atoms with E-state index in [1.807, 2.05) is 6.07 Å². The normalized spacial score (nSPS) is 16.3. The van der Waals surface area contributed by atoms with Gasteiger partial charge in [0.05, 0.1) is 16.8 Å². The van der Waals surface area contributed by atoms with Gasteiger partial charge in [-0.1, -0.05) is 17.7 Å². The fourth-order valence-electron chi connectivity index (χ4n) is 1.36. The van der Waals surface area contributed by atoms with Gasteiger partial charge in [0, 0.05) is 0 Å². The summed E-state index contributed by atoms with van der Waals surface area (Å²) >= 11 is 5.57. The van der Waals surface area contributed by atoms with Crippen LogP contribution in [0.15, 0.2) is 18.2 Å². The van der Waals surface area contributed by atoms with Crippen LogP contribution < -0.4 is 5.32 Å². The number of nitriles is 1. The van der Waals surface area contributed by atoms with E-state index in [9.17, 15) is 9.18 Å². The number of carbonyl (C=O) groups excluding carboxylic acids is 1. The van der Waals surface area contributed by atoms with Crippen LogP contribution in [0.2, 0.25) is 5.02 Å². The fraction of sp³-hybridized carbons (Fsp3) is 0.273. The maximum absolute atomic E-state index is 13.4. The third kappa shape index (κ3) is 1.74. The van der Waals surface area contributed by atoms with Gasteiger partial charge in [-0.3, -0.25) is 4.79 Å². The van der Waals surface area contributed by atoms with Gasteiger partial charge < -0.3 is 5.32 Å². The zero-order chi connectivity index (χ0) is 11.8. The van der Waals surface area contributed by atoms with Crippen molar-refractivity contribution in [2.75, 3.05) is 5.32 Å². The van der Waals surface area contributed by atoms with Gasteiger partial charge >= 0.3 is 0 Å². The van der Waals surface area contributed by atoms with Gasteiger partial charge in [-0.25, -0.2) is 4.39 Å². The number of nitrogens with zero attached hydrogens (tertiary/aromatic N) is 1. The standard InChI is InChI=1S/C11H8ClFN2O/c12-7-2-1-3-8(9(7)13)15-10(16)11(6-14)4-5-11/h1-3H,4-5H2,(H,15,16). The van der Waals surface area contributed by atoms with Crippen LogP contribution in [0.4, 0.5) is 10.1 Å². The minimum absolute atomic E-state index is 0.0130. The molecule has 1 amide bonds. The molecule has 0 radical (unpaired) electrons. The predicted molar refractivity (Wildman–Crippen MR) is 57.3 cm³/mol. The summed E-state index contributed by atoms with van der Waals surface area (Å²) in [6.07, 6.45) is 1.05. The molecule has 1 aliphatic rings. The Morgan fingerprint density at radius 3 is 2.81 bits per heavy atom. The number of halogens is 2. The number of benzene rings is 1. The van der Waals surface area contributed by atoms with Crippen LogP contribution in [0, 0.1) is 22.6 Å². The molecule has 3 nitrogen and oxygen atoms in total. The lowest BCUT2D eigenvalue weighted by molar-refractivity contribution is -0.119. The zero-order valence-electron chi connectivity index (χ0n) is 8.26. The van der Waals surface area contributed by atoms with Crippen LogP contribution in [0.3, 0.4) is 0 Å². The molecule has 0 aromatic heterocycles. The monoisotopic (exact) mass is 238 g/mol. The Morgan fingerprint density at radius 2 is 2.25 bits per heavy atom. The second kappa shape index (κ2) is 3.76. The van der Waals surface area contributed by atoms with Gasteiger partial charge in [0.2, 0.25) is 5.91 Å². The molecule has 1 aromatic rings. The van der Waals surface area contributed by atoms with Crippen molar-refractivity contribution in [1.29, 1.82) is 5.26 Å². The lowest BCUT2D eigenvalue weighted by atomic mass is 10.1. The number of nitrogens with one attached hydrogen (secondary N) is 1. The molecule has 0 spiro atoms. The van der Waals surface area contributed by atoms with Crippen molar-refractivity contribution >= 4 is 23.2 Å². The maximum Gasteiger partial charge on any atom is 0.244 e. The van der Waals surface area contributed by atoms with Crippen molar-refractivity contribution < 1.29 is 9.18 Å². The van der Waals surface area contributed by atoms with E-state index in [1.165, 1.54) is 18.2 Å². The van der Waals surface area contributed by atoms with Crippen molar-refractivity contribution in [2.24, 2.45) is 5.41 Å². The molecular formula is C11H8ClFN2O. The first-order valence-corrected chi connectivity index (χ1v) is 5.13. The van der Waals surface area contributed by atoms with Gasteiger partial charge in [0.25, 0.3) is 0 Å². The molecule has 1 aromatic carbocycles. The molecular weight excluding hydrogens is 231 g/mol. The fourth-order valence-corrected chi connectivity index (χ4v) is 1.53. The third-order valence-electron chi connectivity index (χ3n) is 2.60. The van der Waals surface area contributed by atoms with Gasteiger partial charge in [-0.15, -0.1) is 0 Å². The van der Waals surface area contributed by atoms with E-state index in [0.29, 0.717) is 12.8 Å². The molecule has 0 unspecified atom stereocenters. The Bertz CT molecular complexity index is 491. The maximum atomic E-state index is 13.4.